The van der Waals surface area contributed by atoms with Crippen LogP contribution in [0, 0.1) is 0 Å². The van der Waals surface area contributed by atoms with Crippen molar-refractivity contribution in [1.82, 2.24) is 0 Å². The minimum absolute atomic E-state index is 0.979. The van der Waals surface area contributed by atoms with E-state index in [1.807, 2.05) is 0 Å². The van der Waals surface area contributed by atoms with E-state index in [0.717, 1.165) is 13.2 Å². The molecule has 0 heterocycles. The maximum Gasteiger partial charge on any atom is 0.0466 e. The van der Waals surface area contributed by atoms with Crippen molar-refractivity contribution in [2.45, 2.75) is 174 Å². The first kappa shape index (κ1) is 30.0. The van der Waals surface area contributed by atoms with Gasteiger partial charge >= 0.3 is 0 Å². The van der Waals surface area contributed by atoms with Gasteiger partial charge in [0.15, 0.2) is 0 Å². The van der Waals surface area contributed by atoms with Gasteiger partial charge in [0.1, 0.15) is 0 Å². The minimum Gasteiger partial charge on any atom is -0.381 e. The first-order valence-electron chi connectivity index (χ1n) is 14.5. The average molecular weight is 425 g/mol. The highest BCUT2D eigenvalue weighted by Crippen LogP contribution is 2.15. The summed E-state index contributed by atoms with van der Waals surface area (Å²) >= 11 is 0. The second kappa shape index (κ2) is 29.0. The van der Waals surface area contributed by atoms with Gasteiger partial charge in [-0.2, -0.15) is 0 Å². The fourth-order valence-corrected chi connectivity index (χ4v) is 4.37. The van der Waals surface area contributed by atoms with Gasteiger partial charge in [0, 0.05) is 13.2 Å². The van der Waals surface area contributed by atoms with E-state index in [4.69, 9.17) is 4.74 Å². The Morgan fingerprint density at radius 1 is 0.267 bits per heavy atom. The van der Waals surface area contributed by atoms with Crippen LogP contribution in [0.3, 0.4) is 0 Å². The molecule has 0 spiro atoms. The van der Waals surface area contributed by atoms with Crippen molar-refractivity contribution in [2.24, 2.45) is 0 Å². The van der Waals surface area contributed by atoms with Crippen LogP contribution >= 0.6 is 0 Å². The maximum absolute atomic E-state index is 5.68. The molecule has 0 aromatic heterocycles. The van der Waals surface area contributed by atoms with E-state index in [1.165, 1.54) is 161 Å². The normalized spacial score (nSPS) is 11.4. The minimum atomic E-state index is 0.979. The molecule has 0 saturated carbocycles. The summed E-state index contributed by atoms with van der Waals surface area (Å²) in [7, 11) is 0. The standard InChI is InChI=1S/C29H60O/c1-3-5-7-8-9-10-11-12-13-14-15-16-17-18-19-20-21-22-23-24-25-27-29-30-28-26-6-4-2/h3-29H2,1-2H3. The Hall–Kier alpha value is -0.0400. The highest BCUT2D eigenvalue weighted by Gasteiger charge is 1.96. The summed E-state index contributed by atoms with van der Waals surface area (Å²) in [6.07, 6.45) is 35.8. The predicted molar refractivity (Wildman–Crippen MR) is 138 cm³/mol. The van der Waals surface area contributed by atoms with E-state index < -0.39 is 0 Å². The summed E-state index contributed by atoms with van der Waals surface area (Å²) in [5, 5.41) is 0. The third-order valence-corrected chi connectivity index (χ3v) is 6.53. The fourth-order valence-electron chi connectivity index (χ4n) is 4.37. The summed E-state index contributed by atoms with van der Waals surface area (Å²) < 4.78 is 5.68. The number of hydrogen-bond donors (Lipinski definition) is 0. The second-order valence-corrected chi connectivity index (χ2v) is 9.74. The van der Waals surface area contributed by atoms with E-state index in [9.17, 15) is 0 Å². The Balaban J connectivity index is 2.97. The first-order chi connectivity index (χ1) is 14.9. The Morgan fingerprint density at radius 2 is 0.467 bits per heavy atom. The summed E-state index contributed by atoms with van der Waals surface area (Å²) in [6.45, 7) is 6.52. The highest BCUT2D eigenvalue weighted by atomic mass is 16.5. The summed E-state index contributed by atoms with van der Waals surface area (Å²) in [4.78, 5) is 0. The lowest BCUT2D eigenvalue weighted by Crippen LogP contribution is -1.96. The summed E-state index contributed by atoms with van der Waals surface area (Å²) in [5.74, 6) is 0. The molecule has 0 amide bonds. The van der Waals surface area contributed by atoms with Gasteiger partial charge in [0.25, 0.3) is 0 Å². The van der Waals surface area contributed by atoms with Crippen LogP contribution in [0.2, 0.25) is 0 Å². The van der Waals surface area contributed by atoms with Crippen molar-refractivity contribution in [2.75, 3.05) is 13.2 Å². The molecule has 0 rings (SSSR count). The van der Waals surface area contributed by atoms with Crippen molar-refractivity contribution >= 4 is 0 Å². The van der Waals surface area contributed by atoms with Gasteiger partial charge < -0.3 is 4.74 Å². The lowest BCUT2D eigenvalue weighted by Gasteiger charge is -2.05. The quantitative estimate of drug-likeness (QED) is 0.119. The Morgan fingerprint density at radius 3 is 0.767 bits per heavy atom. The van der Waals surface area contributed by atoms with Crippen LogP contribution in [0.5, 0.6) is 0 Å². The van der Waals surface area contributed by atoms with Crippen molar-refractivity contribution in [3.8, 4) is 0 Å². The van der Waals surface area contributed by atoms with Crippen LogP contribution in [0.4, 0.5) is 0 Å². The molecule has 0 saturated heterocycles. The molecule has 0 fully saturated rings. The van der Waals surface area contributed by atoms with Crippen molar-refractivity contribution in [3.63, 3.8) is 0 Å². The number of rotatable bonds is 27. The Kier molecular flexibility index (Phi) is 28.9. The van der Waals surface area contributed by atoms with Crippen LogP contribution in [-0.2, 0) is 4.74 Å². The molecule has 0 atom stereocenters. The average Bonchev–Trinajstić information content (AvgIpc) is 2.76. The van der Waals surface area contributed by atoms with E-state index >= 15 is 0 Å². The zero-order chi connectivity index (χ0) is 21.8. The van der Waals surface area contributed by atoms with Gasteiger partial charge in [-0.3, -0.25) is 0 Å². The molecule has 30 heavy (non-hydrogen) atoms. The SMILES string of the molecule is CCCCCCCCCCCCCCCCCCCCCCCCOCCCCC. The fraction of sp³-hybridized carbons (Fsp3) is 1.00. The lowest BCUT2D eigenvalue weighted by atomic mass is 10.0. The zero-order valence-corrected chi connectivity index (χ0v) is 21.5. The summed E-state index contributed by atoms with van der Waals surface area (Å²) in [6, 6.07) is 0. The van der Waals surface area contributed by atoms with Crippen LogP contribution in [0.1, 0.15) is 174 Å². The van der Waals surface area contributed by atoms with E-state index in [-0.39, 0.29) is 0 Å². The molecule has 1 nitrogen and oxygen atoms in total. The van der Waals surface area contributed by atoms with Crippen molar-refractivity contribution in [1.29, 1.82) is 0 Å². The third-order valence-electron chi connectivity index (χ3n) is 6.53. The maximum atomic E-state index is 5.68. The van der Waals surface area contributed by atoms with Crippen LogP contribution in [0.15, 0.2) is 0 Å². The molecule has 0 aromatic carbocycles. The molecule has 0 aliphatic heterocycles. The van der Waals surface area contributed by atoms with E-state index in [2.05, 4.69) is 13.8 Å². The lowest BCUT2D eigenvalue weighted by molar-refractivity contribution is 0.126. The van der Waals surface area contributed by atoms with Gasteiger partial charge in [-0.1, -0.05) is 162 Å². The van der Waals surface area contributed by atoms with Gasteiger partial charge in [0.05, 0.1) is 0 Å². The molecule has 182 valence electrons. The van der Waals surface area contributed by atoms with E-state index in [0.29, 0.717) is 0 Å². The number of hydrogen-bond acceptors (Lipinski definition) is 1. The second-order valence-electron chi connectivity index (χ2n) is 9.74. The predicted octanol–water partition coefficient (Wildman–Crippen LogP) is 10.8. The molecule has 0 aliphatic carbocycles. The topological polar surface area (TPSA) is 9.23 Å². The number of unbranched alkanes of at least 4 members (excludes halogenated alkanes) is 23. The molecule has 1 heteroatoms. The molecule has 0 aromatic rings. The van der Waals surface area contributed by atoms with Crippen molar-refractivity contribution in [3.05, 3.63) is 0 Å². The summed E-state index contributed by atoms with van der Waals surface area (Å²) in [5.41, 5.74) is 0. The smallest absolute Gasteiger partial charge is 0.0466 e. The van der Waals surface area contributed by atoms with Crippen LogP contribution in [0.25, 0.3) is 0 Å². The largest absolute Gasteiger partial charge is 0.381 e. The molecule has 0 radical (unpaired) electrons. The molecular weight excluding hydrogens is 364 g/mol. The highest BCUT2D eigenvalue weighted by molar-refractivity contribution is 4.51. The van der Waals surface area contributed by atoms with Gasteiger partial charge in [-0.25, -0.2) is 0 Å². The van der Waals surface area contributed by atoms with Gasteiger partial charge in [-0.15, -0.1) is 0 Å². The Bertz CT molecular complexity index is 248. The first-order valence-corrected chi connectivity index (χ1v) is 14.5. The molecule has 0 N–H and O–H groups in total. The van der Waals surface area contributed by atoms with Gasteiger partial charge in [-0.05, 0) is 12.8 Å². The van der Waals surface area contributed by atoms with Crippen molar-refractivity contribution < 1.29 is 4.74 Å². The molecule has 0 aliphatic rings. The molecule has 0 bridgehead atoms. The monoisotopic (exact) mass is 424 g/mol. The molecular formula is C29H60O. The number of ether oxygens (including phenoxy) is 1. The Labute approximate surface area is 192 Å². The van der Waals surface area contributed by atoms with Crippen LogP contribution in [-0.4, -0.2) is 13.2 Å². The van der Waals surface area contributed by atoms with E-state index in [1.54, 1.807) is 0 Å². The van der Waals surface area contributed by atoms with Gasteiger partial charge in [0.2, 0.25) is 0 Å². The third kappa shape index (κ3) is 28.0. The van der Waals surface area contributed by atoms with Crippen LogP contribution < -0.4 is 0 Å². The zero-order valence-electron chi connectivity index (χ0n) is 21.5. The molecule has 0 unspecified atom stereocenters.